The third-order valence-corrected chi connectivity index (χ3v) is 3.61. The molecule has 2 aromatic carbocycles. The fraction of sp³-hybridized carbons (Fsp3) is 0.188. The van der Waals surface area contributed by atoms with Gasteiger partial charge < -0.3 is 14.2 Å². The van der Waals surface area contributed by atoms with Gasteiger partial charge in [-0.2, -0.15) is 0 Å². The smallest absolute Gasteiger partial charge is 0.231 e. The van der Waals surface area contributed by atoms with Crippen LogP contribution in [0.25, 0.3) is 0 Å². The van der Waals surface area contributed by atoms with E-state index in [2.05, 4.69) is 15.9 Å². The van der Waals surface area contributed by atoms with E-state index in [4.69, 9.17) is 14.2 Å². The van der Waals surface area contributed by atoms with E-state index in [9.17, 15) is 4.79 Å². The number of rotatable bonds is 4. The summed E-state index contributed by atoms with van der Waals surface area (Å²) in [6.07, 6.45) is 0. The summed E-state index contributed by atoms with van der Waals surface area (Å²) in [6.45, 7) is 2.58. The summed E-state index contributed by atoms with van der Waals surface area (Å²) >= 11 is 3.39. The summed E-state index contributed by atoms with van der Waals surface area (Å²) < 4.78 is 16.9. The molecule has 0 bridgehead atoms. The van der Waals surface area contributed by atoms with Crippen molar-refractivity contribution in [2.45, 2.75) is 6.92 Å². The van der Waals surface area contributed by atoms with Crippen LogP contribution >= 0.6 is 15.9 Å². The molecule has 0 atom stereocenters. The molecule has 5 heteroatoms. The molecule has 0 spiro atoms. The van der Waals surface area contributed by atoms with Crippen molar-refractivity contribution in [2.75, 3.05) is 13.4 Å². The Balaban J connectivity index is 2.00. The highest BCUT2D eigenvalue weighted by Crippen LogP contribution is 2.34. The van der Waals surface area contributed by atoms with E-state index < -0.39 is 0 Å². The van der Waals surface area contributed by atoms with Crippen molar-refractivity contribution < 1.29 is 19.0 Å². The molecule has 2 aromatic rings. The first-order valence-corrected chi connectivity index (χ1v) is 7.35. The van der Waals surface area contributed by atoms with Crippen LogP contribution in [-0.4, -0.2) is 19.2 Å². The molecule has 0 aliphatic carbocycles. The van der Waals surface area contributed by atoms with E-state index in [-0.39, 0.29) is 12.6 Å². The number of carbonyl (C=O) groups excluding carboxylic acids is 1. The molecule has 0 fully saturated rings. The molecular weight excluding hydrogens is 336 g/mol. The lowest BCUT2D eigenvalue weighted by Crippen LogP contribution is -2.05. The molecule has 1 aliphatic heterocycles. The van der Waals surface area contributed by atoms with E-state index in [1.165, 1.54) is 0 Å². The Hall–Kier alpha value is -2.01. The van der Waals surface area contributed by atoms with Gasteiger partial charge in [0, 0.05) is 10.0 Å². The number of hydrogen-bond acceptors (Lipinski definition) is 4. The zero-order valence-corrected chi connectivity index (χ0v) is 13.0. The average molecular weight is 349 g/mol. The van der Waals surface area contributed by atoms with E-state index in [1.807, 2.05) is 13.0 Å². The SMILES string of the molecule is CCOc1ccc(Br)cc1C(=O)c1ccc2c(c1)OCO2. The third kappa shape index (κ3) is 2.74. The highest BCUT2D eigenvalue weighted by atomic mass is 79.9. The maximum absolute atomic E-state index is 12.7. The fourth-order valence-electron chi connectivity index (χ4n) is 2.15. The molecule has 1 heterocycles. The number of ketones is 1. The molecule has 0 unspecified atom stereocenters. The Bertz CT molecular complexity index is 697. The minimum atomic E-state index is -0.113. The molecule has 4 nitrogen and oxygen atoms in total. The first-order chi connectivity index (χ1) is 10.2. The summed E-state index contributed by atoms with van der Waals surface area (Å²) in [6, 6.07) is 10.6. The molecule has 0 aromatic heterocycles. The number of benzene rings is 2. The Morgan fingerprint density at radius 2 is 2.00 bits per heavy atom. The highest BCUT2D eigenvalue weighted by Gasteiger charge is 2.19. The Labute approximate surface area is 130 Å². The third-order valence-electron chi connectivity index (χ3n) is 3.12. The van der Waals surface area contributed by atoms with Crippen LogP contribution in [0.2, 0.25) is 0 Å². The second kappa shape index (κ2) is 5.77. The number of ether oxygens (including phenoxy) is 3. The molecule has 1 aliphatic rings. The van der Waals surface area contributed by atoms with Crippen LogP contribution in [0.3, 0.4) is 0 Å². The van der Waals surface area contributed by atoms with Gasteiger partial charge in [-0.1, -0.05) is 15.9 Å². The topological polar surface area (TPSA) is 44.8 Å². The minimum Gasteiger partial charge on any atom is -0.493 e. The monoisotopic (exact) mass is 348 g/mol. The quantitative estimate of drug-likeness (QED) is 0.788. The molecule has 0 amide bonds. The van der Waals surface area contributed by atoms with E-state index in [1.54, 1.807) is 30.3 Å². The Morgan fingerprint density at radius 1 is 1.19 bits per heavy atom. The van der Waals surface area contributed by atoms with Gasteiger partial charge in [0.05, 0.1) is 12.2 Å². The normalized spacial score (nSPS) is 12.3. The number of hydrogen-bond donors (Lipinski definition) is 0. The van der Waals surface area contributed by atoms with E-state index >= 15 is 0 Å². The summed E-state index contributed by atoms with van der Waals surface area (Å²) in [4.78, 5) is 12.7. The Morgan fingerprint density at radius 3 is 2.81 bits per heavy atom. The van der Waals surface area contributed by atoms with Crippen LogP contribution in [0.5, 0.6) is 17.2 Å². The second-order valence-corrected chi connectivity index (χ2v) is 5.39. The number of halogens is 1. The van der Waals surface area contributed by atoms with E-state index in [0.717, 1.165) is 4.47 Å². The first kappa shape index (κ1) is 13.9. The van der Waals surface area contributed by atoms with Gasteiger partial charge in [-0.15, -0.1) is 0 Å². The van der Waals surface area contributed by atoms with Gasteiger partial charge in [0.1, 0.15) is 5.75 Å². The number of carbonyl (C=O) groups is 1. The second-order valence-electron chi connectivity index (χ2n) is 4.47. The Kier molecular flexibility index (Phi) is 3.84. The minimum absolute atomic E-state index is 0.113. The summed E-state index contributed by atoms with van der Waals surface area (Å²) in [5, 5.41) is 0. The zero-order chi connectivity index (χ0) is 14.8. The lowest BCUT2D eigenvalue weighted by atomic mass is 10.0. The van der Waals surface area contributed by atoms with Crippen LogP contribution in [0.4, 0.5) is 0 Å². The standard InChI is InChI=1S/C16H13BrO4/c1-2-19-13-6-4-11(17)8-12(13)16(18)10-3-5-14-15(7-10)21-9-20-14/h3-8H,2,9H2,1H3. The van der Waals surface area contributed by atoms with Crippen LogP contribution in [0, 0.1) is 0 Å². The van der Waals surface area contributed by atoms with Crippen molar-refractivity contribution in [3.05, 3.63) is 52.0 Å². The molecule has 0 saturated carbocycles. The summed E-state index contributed by atoms with van der Waals surface area (Å²) in [5.74, 6) is 1.71. The molecule has 3 rings (SSSR count). The van der Waals surface area contributed by atoms with Gasteiger partial charge in [0.15, 0.2) is 17.3 Å². The molecule has 0 N–H and O–H groups in total. The molecule has 0 saturated heterocycles. The van der Waals surface area contributed by atoms with Gasteiger partial charge in [0.25, 0.3) is 0 Å². The van der Waals surface area contributed by atoms with Crippen LogP contribution in [-0.2, 0) is 0 Å². The first-order valence-electron chi connectivity index (χ1n) is 6.55. The molecule has 21 heavy (non-hydrogen) atoms. The van der Waals surface area contributed by atoms with Crippen LogP contribution in [0.15, 0.2) is 40.9 Å². The van der Waals surface area contributed by atoms with Crippen molar-refractivity contribution in [1.82, 2.24) is 0 Å². The van der Waals surface area contributed by atoms with Gasteiger partial charge in [-0.3, -0.25) is 4.79 Å². The highest BCUT2D eigenvalue weighted by molar-refractivity contribution is 9.10. The van der Waals surface area contributed by atoms with Crippen LogP contribution < -0.4 is 14.2 Å². The summed E-state index contributed by atoms with van der Waals surface area (Å²) in [5.41, 5.74) is 1.06. The average Bonchev–Trinajstić information content (AvgIpc) is 2.96. The van der Waals surface area contributed by atoms with Crippen molar-refractivity contribution in [3.63, 3.8) is 0 Å². The lowest BCUT2D eigenvalue weighted by Gasteiger charge is -2.10. The van der Waals surface area contributed by atoms with Crippen LogP contribution in [0.1, 0.15) is 22.8 Å². The maximum atomic E-state index is 12.7. The van der Waals surface area contributed by atoms with Gasteiger partial charge in [-0.25, -0.2) is 0 Å². The predicted octanol–water partition coefficient (Wildman–Crippen LogP) is 3.81. The van der Waals surface area contributed by atoms with Crippen molar-refractivity contribution in [2.24, 2.45) is 0 Å². The largest absolute Gasteiger partial charge is 0.493 e. The maximum Gasteiger partial charge on any atom is 0.231 e. The van der Waals surface area contributed by atoms with Crippen molar-refractivity contribution >= 4 is 21.7 Å². The zero-order valence-electron chi connectivity index (χ0n) is 11.4. The fourth-order valence-corrected chi connectivity index (χ4v) is 2.52. The summed E-state index contributed by atoms with van der Waals surface area (Å²) in [7, 11) is 0. The molecular formula is C16H13BrO4. The van der Waals surface area contributed by atoms with Crippen molar-refractivity contribution in [1.29, 1.82) is 0 Å². The molecule has 108 valence electrons. The van der Waals surface area contributed by atoms with Crippen molar-refractivity contribution in [3.8, 4) is 17.2 Å². The van der Waals surface area contributed by atoms with E-state index in [0.29, 0.717) is 35.0 Å². The molecule has 0 radical (unpaired) electrons. The van der Waals surface area contributed by atoms with Gasteiger partial charge in [-0.05, 0) is 43.3 Å². The predicted molar refractivity (Wildman–Crippen MR) is 81.3 cm³/mol. The van der Waals surface area contributed by atoms with Gasteiger partial charge >= 0.3 is 0 Å². The lowest BCUT2D eigenvalue weighted by molar-refractivity contribution is 0.103. The number of fused-ring (bicyclic) bond motifs is 1. The van der Waals surface area contributed by atoms with Gasteiger partial charge in [0.2, 0.25) is 6.79 Å².